The molecule has 0 spiro atoms. The molecule has 5 heteroatoms. The van der Waals surface area contributed by atoms with Gasteiger partial charge in [0, 0.05) is 6.54 Å². The number of anilines is 1. The summed E-state index contributed by atoms with van der Waals surface area (Å²) in [4.78, 5) is 10.9. The highest BCUT2D eigenvalue weighted by molar-refractivity contribution is 5.68. The third-order valence-electron chi connectivity index (χ3n) is 3.35. The number of nitrogens with zero attached hydrogens (tertiary/aromatic N) is 1. The molecule has 0 bridgehead atoms. The normalized spacial score (nSPS) is 15.1. The van der Waals surface area contributed by atoms with Crippen molar-refractivity contribution < 1.29 is 9.66 Å². The van der Waals surface area contributed by atoms with Crippen LogP contribution in [0.1, 0.15) is 33.1 Å². The lowest BCUT2D eigenvalue weighted by molar-refractivity contribution is -0.385. The number of hydrogen-bond acceptors (Lipinski definition) is 4. The van der Waals surface area contributed by atoms with Gasteiger partial charge in [-0.3, -0.25) is 10.1 Å². The molecule has 0 atom stereocenters. The van der Waals surface area contributed by atoms with Crippen molar-refractivity contribution in [2.45, 2.75) is 39.2 Å². The molecule has 1 aliphatic rings. The minimum absolute atomic E-state index is 0.0375. The molecule has 1 N–H and O–H groups in total. The summed E-state index contributed by atoms with van der Waals surface area (Å²) in [5, 5.41) is 14.4. The van der Waals surface area contributed by atoms with Crippen LogP contribution in [0.5, 0.6) is 5.75 Å². The van der Waals surface area contributed by atoms with Crippen LogP contribution < -0.4 is 10.1 Å². The van der Waals surface area contributed by atoms with Crippen LogP contribution in [0.3, 0.4) is 0 Å². The van der Waals surface area contributed by atoms with Gasteiger partial charge in [0.1, 0.15) is 5.69 Å². The number of nitrogens with one attached hydrogen (secondary N) is 1. The Balaban J connectivity index is 2.17. The van der Waals surface area contributed by atoms with E-state index >= 15 is 0 Å². The lowest BCUT2D eigenvalue weighted by Gasteiger charge is -2.25. The van der Waals surface area contributed by atoms with Crippen molar-refractivity contribution in [3.63, 3.8) is 0 Å². The monoisotopic (exact) mass is 264 g/mol. The average molecular weight is 264 g/mol. The van der Waals surface area contributed by atoms with Crippen molar-refractivity contribution in [3.8, 4) is 5.75 Å². The molecule has 5 nitrogen and oxygen atoms in total. The Bertz CT molecular complexity index is 456. The fraction of sp³-hybridized carbons (Fsp3) is 0.571. The molecule has 0 saturated heterocycles. The molecule has 1 aromatic carbocycles. The molecule has 0 unspecified atom stereocenters. The molecule has 2 rings (SSSR count). The van der Waals surface area contributed by atoms with E-state index < -0.39 is 0 Å². The Morgan fingerprint density at radius 2 is 2.21 bits per heavy atom. The lowest BCUT2D eigenvalue weighted by atomic mass is 9.85. The SMILES string of the molecule is CC(C)Oc1cccc(NCC2CCC2)c1[N+](=O)[O-]. The quantitative estimate of drug-likeness (QED) is 0.630. The highest BCUT2D eigenvalue weighted by Gasteiger charge is 2.23. The van der Waals surface area contributed by atoms with E-state index in [2.05, 4.69) is 5.32 Å². The number of ether oxygens (including phenoxy) is 1. The number of benzene rings is 1. The number of nitro groups is 1. The summed E-state index contributed by atoms with van der Waals surface area (Å²) >= 11 is 0. The van der Waals surface area contributed by atoms with E-state index in [9.17, 15) is 10.1 Å². The van der Waals surface area contributed by atoms with E-state index in [1.165, 1.54) is 19.3 Å². The molecule has 1 aliphatic carbocycles. The minimum atomic E-state index is -0.374. The van der Waals surface area contributed by atoms with E-state index in [4.69, 9.17) is 4.74 Å². The molecule has 0 aliphatic heterocycles. The zero-order valence-corrected chi connectivity index (χ0v) is 11.4. The van der Waals surface area contributed by atoms with E-state index in [-0.39, 0.29) is 16.7 Å². The fourth-order valence-electron chi connectivity index (χ4n) is 2.15. The molecule has 19 heavy (non-hydrogen) atoms. The van der Waals surface area contributed by atoms with Crippen molar-refractivity contribution in [1.29, 1.82) is 0 Å². The third kappa shape index (κ3) is 3.36. The van der Waals surface area contributed by atoms with Gasteiger partial charge < -0.3 is 10.1 Å². The van der Waals surface area contributed by atoms with Crippen LogP contribution in [0.25, 0.3) is 0 Å². The first-order chi connectivity index (χ1) is 9.08. The predicted molar refractivity (Wildman–Crippen MR) is 74.7 cm³/mol. The van der Waals surface area contributed by atoms with Crippen LogP contribution in [0, 0.1) is 16.0 Å². The zero-order chi connectivity index (χ0) is 13.8. The first-order valence-electron chi connectivity index (χ1n) is 6.76. The number of rotatable bonds is 6. The van der Waals surface area contributed by atoms with Gasteiger partial charge in [0.15, 0.2) is 5.75 Å². The third-order valence-corrected chi connectivity index (χ3v) is 3.35. The Labute approximate surface area is 113 Å². The molecule has 104 valence electrons. The number of nitro benzene ring substituents is 1. The Hall–Kier alpha value is -1.78. The molecule has 0 amide bonds. The molecular formula is C14H20N2O3. The molecule has 0 aromatic heterocycles. The second-order valence-electron chi connectivity index (χ2n) is 5.25. The van der Waals surface area contributed by atoms with Gasteiger partial charge in [0.2, 0.25) is 0 Å². The summed E-state index contributed by atoms with van der Waals surface area (Å²) in [6.45, 7) is 4.52. The maximum atomic E-state index is 11.2. The van der Waals surface area contributed by atoms with Crippen LogP contribution in [0.2, 0.25) is 0 Å². The fourth-order valence-corrected chi connectivity index (χ4v) is 2.15. The summed E-state index contributed by atoms with van der Waals surface area (Å²) in [6, 6.07) is 5.17. The Morgan fingerprint density at radius 1 is 1.47 bits per heavy atom. The van der Waals surface area contributed by atoms with Crippen molar-refractivity contribution in [3.05, 3.63) is 28.3 Å². The van der Waals surface area contributed by atoms with Gasteiger partial charge in [-0.25, -0.2) is 0 Å². The molecular weight excluding hydrogens is 244 g/mol. The number of hydrogen-bond donors (Lipinski definition) is 1. The number of para-hydroxylation sites is 1. The zero-order valence-electron chi connectivity index (χ0n) is 11.4. The summed E-state index contributed by atoms with van der Waals surface area (Å²) in [5.41, 5.74) is 0.588. The Morgan fingerprint density at radius 3 is 2.74 bits per heavy atom. The highest BCUT2D eigenvalue weighted by Crippen LogP contribution is 2.36. The minimum Gasteiger partial charge on any atom is -0.484 e. The predicted octanol–water partition coefficient (Wildman–Crippen LogP) is 3.59. The smallest absolute Gasteiger partial charge is 0.333 e. The second-order valence-corrected chi connectivity index (χ2v) is 5.25. The maximum Gasteiger partial charge on any atom is 0.333 e. The summed E-state index contributed by atoms with van der Waals surface area (Å²) in [6.07, 6.45) is 3.61. The van der Waals surface area contributed by atoms with E-state index in [1.54, 1.807) is 18.2 Å². The summed E-state index contributed by atoms with van der Waals surface area (Å²) in [5.74, 6) is 0.980. The molecule has 0 radical (unpaired) electrons. The van der Waals surface area contributed by atoms with Gasteiger partial charge in [-0.05, 0) is 44.7 Å². The molecule has 0 heterocycles. The first-order valence-corrected chi connectivity index (χ1v) is 6.76. The van der Waals surface area contributed by atoms with Crippen LogP contribution in [0.4, 0.5) is 11.4 Å². The van der Waals surface area contributed by atoms with Gasteiger partial charge in [-0.15, -0.1) is 0 Å². The molecule has 1 saturated carbocycles. The van der Waals surface area contributed by atoms with Crippen LogP contribution in [-0.2, 0) is 0 Å². The lowest BCUT2D eigenvalue weighted by Crippen LogP contribution is -2.21. The van der Waals surface area contributed by atoms with Crippen LogP contribution in [-0.4, -0.2) is 17.6 Å². The van der Waals surface area contributed by atoms with Crippen molar-refractivity contribution in [2.24, 2.45) is 5.92 Å². The largest absolute Gasteiger partial charge is 0.484 e. The van der Waals surface area contributed by atoms with Crippen molar-refractivity contribution in [1.82, 2.24) is 0 Å². The van der Waals surface area contributed by atoms with Gasteiger partial charge in [-0.1, -0.05) is 12.5 Å². The summed E-state index contributed by atoms with van der Waals surface area (Å²) < 4.78 is 5.51. The van der Waals surface area contributed by atoms with Crippen molar-refractivity contribution in [2.75, 3.05) is 11.9 Å². The van der Waals surface area contributed by atoms with E-state index in [0.717, 1.165) is 6.54 Å². The average Bonchev–Trinajstić information content (AvgIpc) is 2.25. The van der Waals surface area contributed by atoms with Crippen LogP contribution in [0.15, 0.2) is 18.2 Å². The van der Waals surface area contributed by atoms with Gasteiger partial charge in [-0.2, -0.15) is 0 Å². The highest BCUT2D eigenvalue weighted by atomic mass is 16.6. The summed E-state index contributed by atoms with van der Waals surface area (Å²) in [7, 11) is 0. The topological polar surface area (TPSA) is 64.4 Å². The second kappa shape index (κ2) is 5.91. The maximum absolute atomic E-state index is 11.2. The molecule has 1 fully saturated rings. The van der Waals surface area contributed by atoms with Crippen molar-refractivity contribution >= 4 is 11.4 Å². The standard InChI is InChI=1S/C14H20N2O3/c1-10(2)19-13-8-4-7-12(14(13)16(17)18)15-9-11-5-3-6-11/h4,7-8,10-11,15H,3,5-6,9H2,1-2H3. The van der Waals surface area contributed by atoms with E-state index in [1.807, 2.05) is 13.8 Å². The van der Waals surface area contributed by atoms with Crippen LogP contribution >= 0.6 is 0 Å². The Kier molecular flexibility index (Phi) is 4.24. The van der Waals surface area contributed by atoms with Gasteiger partial charge >= 0.3 is 5.69 Å². The van der Waals surface area contributed by atoms with E-state index in [0.29, 0.717) is 17.4 Å². The van der Waals surface area contributed by atoms with Gasteiger partial charge in [0.05, 0.1) is 11.0 Å². The van der Waals surface area contributed by atoms with Gasteiger partial charge in [0.25, 0.3) is 0 Å². The first kappa shape index (κ1) is 13.6. The molecule has 1 aromatic rings.